The van der Waals surface area contributed by atoms with Crippen molar-refractivity contribution >= 4 is 12.4 Å². The van der Waals surface area contributed by atoms with E-state index in [-0.39, 0.29) is 30.8 Å². The number of phenolic OH excluding ortho intramolecular Hbond substituents is 1. The number of aliphatic hydroxyl groups is 1. The average Bonchev–Trinajstić information content (AvgIpc) is 2.10. The summed E-state index contributed by atoms with van der Waals surface area (Å²) in [5.74, 6) is -1.08. The van der Waals surface area contributed by atoms with Gasteiger partial charge in [-0.15, -0.1) is 12.4 Å². The molecule has 1 unspecified atom stereocenters. The predicted molar refractivity (Wildman–Crippen MR) is 53.9 cm³/mol. The number of hydrogen-bond acceptors (Lipinski definition) is 3. The number of aliphatic hydroxyl groups excluding tert-OH is 1. The second-order valence-electron chi connectivity index (χ2n) is 2.83. The van der Waals surface area contributed by atoms with Gasteiger partial charge in [-0.25, -0.2) is 4.39 Å². The molecule has 0 saturated carbocycles. The van der Waals surface area contributed by atoms with Gasteiger partial charge in [0.2, 0.25) is 0 Å². The van der Waals surface area contributed by atoms with Crippen LogP contribution in [0.4, 0.5) is 4.39 Å². The third-order valence-corrected chi connectivity index (χ3v) is 1.84. The van der Waals surface area contributed by atoms with Gasteiger partial charge in [-0.05, 0) is 24.1 Å². The van der Waals surface area contributed by atoms with E-state index in [1.807, 2.05) is 0 Å². The van der Waals surface area contributed by atoms with Crippen LogP contribution < -0.4 is 5.73 Å². The Morgan fingerprint density at radius 3 is 2.57 bits per heavy atom. The van der Waals surface area contributed by atoms with Gasteiger partial charge >= 0.3 is 0 Å². The molecule has 0 aliphatic carbocycles. The second kappa shape index (κ2) is 5.80. The van der Waals surface area contributed by atoms with Crippen LogP contribution in [0.2, 0.25) is 0 Å². The van der Waals surface area contributed by atoms with Crippen LogP contribution in [0.1, 0.15) is 18.0 Å². The zero-order chi connectivity index (χ0) is 9.84. The quantitative estimate of drug-likeness (QED) is 0.722. The third-order valence-electron chi connectivity index (χ3n) is 1.84. The minimum Gasteiger partial charge on any atom is -0.505 e. The molecule has 0 bridgehead atoms. The van der Waals surface area contributed by atoms with Crippen molar-refractivity contribution in [1.29, 1.82) is 0 Å². The molecule has 0 aromatic heterocycles. The molecule has 0 aliphatic rings. The van der Waals surface area contributed by atoms with Crippen LogP contribution >= 0.6 is 12.4 Å². The molecule has 0 heterocycles. The van der Waals surface area contributed by atoms with Gasteiger partial charge in [-0.2, -0.15) is 0 Å². The smallest absolute Gasteiger partial charge is 0.165 e. The standard InChI is InChI=1S/C9H12FNO2.ClH/c10-7-5-6(1-2-9(7)13)8(11)3-4-12;/h1-2,5,8,12-13H,3-4,11H2;1H. The van der Waals surface area contributed by atoms with Crippen LogP contribution in [0, 0.1) is 5.82 Å². The lowest BCUT2D eigenvalue weighted by molar-refractivity contribution is 0.276. The largest absolute Gasteiger partial charge is 0.505 e. The highest BCUT2D eigenvalue weighted by Crippen LogP contribution is 2.20. The highest BCUT2D eigenvalue weighted by Gasteiger charge is 2.08. The first-order valence-electron chi connectivity index (χ1n) is 4.00. The van der Waals surface area contributed by atoms with Crippen molar-refractivity contribution in [2.24, 2.45) is 5.73 Å². The van der Waals surface area contributed by atoms with Crippen LogP contribution in [0.15, 0.2) is 18.2 Å². The molecule has 1 aromatic carbocycles. The number of aromatic hydroxyl groups is 1. The van der Waals surface area contributed by atoms with E-state index in [4.69, 9.17) is 15.9 Å². The summed E-state index contributed by atoms with van der Waals surface area (Å²) >= 11 is 0. The second-order valence-corrected chi connectivity index (χ2v) is 2.83. The summed E-state index contributed by atoms with van der Waals surface area (Å²) in [7, 11) is 0. The van der Waals surface area contributed by atoms with Gasteiger partial charge in [0.05, 0.1) is 0 Å². The molecule has 0 spiro atoms. The van der Waals surface area contributed by atoms with Crippen LogP contribution in [-0.4, -0.2) is 16.8 Å². The summed E-state index contributed by atoms with van der Waals surface area (Å²) in [4.78, 5) is 0. The van der Waals surface area contributed by atoms with E-state index < -0.39 is 5.82 Å². The van der Waals surface area contributed by atoms with Crippen molar-refractivity contribution in [3.8, 4) is 5.75 Å². The van der Waals surface area contributed by atoms with E-state index in [0.29, 0.717) is 12.0 Å². The first-order valence-corrected chi connectivity index (χ1v) is 4.00. The summed E-state index contributed by atoms with van der Waals surface area (Å²) in [6, 6.07) is 3.58. The van der Waals surface area contributed by atoms with Crippen LogP contribution in [0.3, 0.4) is 0 Å². The first kappa shape index (κ1) is 13.2. The maximum atomic E-state index is 12.8. The van der Waals surface area contributed by atoms with Crippen molar-refractivity contribution in [1.82, 2.24) is 0 Å². The summed E-state index contributed by atoms with van der Waals surface area (Å²) in [6.45, 7) is -0.0380. The maximum absolute atomic E-state index is 12.8. The molecule has 0 fully saturated rings. The Morgan fingerprint density at radius 1 is 1.43 bits per heavy atom. The lowest BCUT2D eigenvalue weighted by Crippen LogP contribution is -2.11. The van der Waals surface area contributed by atoms with Gasteiger partial charge in [0.15, 0.2) is 11.6 Å². The zero-order valence-electron chi connectivity index (χ0n) is 7.48. The Morgan fingerprint density at radius 2 is 2.07 bits per heavy atom. The maximum Gasteiger partial charge on any atom is 0.165 e. The Kier molecular flexibility index (Phi) is 5.45. The molecule has 0 amide bonds. The Hall–Kier alpha value is -0.840. The molecule has 0 radical (unpaired) electrons. The van der Waals surface area contributed by atoms with Crippen molar-refractivity contribution in [2.75, 3.05) is 6.61 Å². The fourth-order valence-corrected chi connectivity index (χ4v) is 1.06. The average molecular weight is 222 g/mol. The number of phenols is 1. The van der Waals surface area contributed by atoms with Crippen LogP contribution in [-0.2, 0) is 0 Å². The predicted octanol–water partition coefficient (Wildman–Crippen LogP) is 1.34. The van der Waals surface area contributed by atoms with Crippen molar-refractivity contribution in [2.45, 2.75) is 12.5 Å². The topological polar surface area (TPSA) is 66.5 Å². The van der Waals surface area contributed by atoms with Gasteiger partial charge < -0.3 is 15.9 Å². The van der Waals surface area contributed by atoms with E-state index in [9.17, 15) is 4.39 Å². The fourth-order valence-electron chi connectivity index (χ4n) is 1.06. The Labute approximate surface area is 87.8 Å². The number of nitrogens with two attached hydrogens (primary N) is 1. The molecule has 0 aliphatic heterocycles. The number of rotatable bonds is 3. The highest BCUT2D eigenvalue weighted by molar-refractivity contribution is 5.85. The summed E-state index contributed by atoms with van der Waals surface area (Å²) in [5, 5.41) is 17.5. The van der Waals surface area contributed by atoms with Crippen LogP contribution in [0.5, 0.6) is 5.75 Å². The van der Waals surface area contributed by atoms with E-state index in [1.165, 1.54) is 12.1 Å². The van der Waals surface area contributed by atoms with E-state index in [2.05, 4.69) is 0 Å². The molecule has 3 nitrogen and oxygen atoms in total. The lowest BCUT2D eigenvalue weighted by Gasteiger charge is -2.10. The minimum absolute atomic E-state index is 0. The van der Waals surface area contributed by atoms with Crippen LogP contribution in [0.25, 0.3) is 0 Å². The Balaban J connectivity index is 0.00000169. The molecule has 14 heavy (non-hydrogen) atoms. The Bertz CT molecular complexity index is 296. The molecular formula is C9H13ClFNO2. The first-order chi connectivity index (χ1) is 6.15. The van der Waals surface area contributed by atoms with Crippen molar-refractivity contribution in [3.05, 3.63) is 29.6 Å². The van der Waals surface area contributed by atoms with Gasteiger partial charge in [0, 0.05) is 12.6 Å². The number of hydrogen-bond donors (Lipinski definition) is 3. The van der Waals surface area contributed by atoms with Gasteiger partial charge in [0.25, 0.3) is 0 Å². The van der Waals surface area contributed by atoms with E-state index in [1.54, 1.807) is 6.07 Å². The monoisotopic (exact) mass is 221 g/mol. The highest BCUT2D eigenvalue weighted by atomic mass is 35.5. The SMILES string of the molecule is Cl.NC(CCO)c1ccc(O)c(F)c1. The summed E-state index contributed by atoms with van der Waals surface area (Å²) in [5.41, 5.74) is 6.19. The third kappa shape index (κ3) is 3.14. The lowest BCUT2D eigenvalue weighted by atomic mass is 10.0. The summed E-state index contributed by atoms with van der Waals surface area (Å²) < 4.78 is 12.8. The van der Waals surface area contributed by atoms with Crippen molar-refractivity contribution in [3.63, 3.8) is 0 Å². The number of benzene rings is 1. The molecule has 0 saturated heterocycles. The van der Waals surface area contributed by atoms with Gasteiger partial charge in [-0.1, -0.05) is 6.07 Å². The molecule has 1 rings (SSSR count). The normalized spacial score (nSPS) is 11.9. The molecule has 1 aromatic rings. The molecule has 1 atom stereocenters. The number of halogens is 2. The zero-order valence-corrected chi connectivity index (χ0v) is 8.30. The van der Waals surface area contributed by atoms with E-state index in [0.717, 1.165) is 0 Å². The molecule has 5 heteroatoms. The van der Waals surface area contributed by atoms with E-state index >= 15 is 0 Å². The van der Waals surface area contributed by atoms with Gasteiger partial charge in [-0.3, -0.25) is 0 Å². The minimum atomic E-state index is -0.689. The van der Waals surface area contributed by atoms with Crippen molar-refractivity contribution < 1.29 is 14.6 Å². The fraction of sp³-hybridized carbons (Fsp3) is 0.333. The summed E-state index contributed by atoms with van der Waals surface area (Å²) in [6.07, 6.45) is 0.379. The molecular weight excluding hydrogens is 209 g/mol. The molecule has 4 N–H and O–H groups in total. The van der Waals surface area contributed by atoms with Gasteiger partial charge in [0.1, 0.15) is 0 Å². The molecule has 80 valence electrons.